The maximum absolute atomic E-state index is 9.98. The first-order valence-electron chi connectivity index (χ1n) is 9.87. The Labute approximate surface area is 154 Å². The minimum Gasteiger partial charge on any atom is -0.496 e. The van der Waals surface area contributed by atoms with Gasteiger partial charge in [-0.15, -0.1) is 0 Å². The summed E-state index contributed by atoms with van der Waals surface area (Å²) < 4.78 is 11.7. The van der Waals surface area contributed by atoms with Gasteiger partial charge in [0.05, 0.1) is 28.4 Å². The van der Waals surface area contributed by atoms with Gasteiger partial charge in [-0.3, -0.25) is 0 Å². The summed E-state index contributed by atoms with van der Waals surface area (Å²) in [5.74, 6) is 2.37. The van der Waals surface area contributed by atoms with E-state index in [0.717, 1.165) is 43.6 Å². The summed E-state index contributed by atoms with van der Waals surface area (Å²) in [7, 11) is 2.05. The van der Waals surface area contributed by atoms with Crippen molar-refractivity contribution in [2.24, 2.45) is 0 Å². The molecule has 4 heteroatoms. The Morgan fingerprint density at radius 1 is 1.04 bits per heavy atom. The largest absolute Gasteiger partial charge is 0.496 e. The lowest BCUT2D eigenvalue weighted by molar-refractivity contribution is 0.157. The van der Waals surface area contributed by atoms with E-state index < -0.39 is 8.07 Å². The summed E-state index contributed by atoms with van der Waals surface area (Å²) in [6.45, 7) is 7.15. The zero-order valence-corrected chi connectivity index (χ0v) is 17.7. The molecule has 1 aromatic carbocycles. The lowest BCUT2D eigenvalue weighted by Gasteiger charge is -2.27. The molecule has 0 saturated heterocycles. The Morgan fingerprint density at radius 3 is 2.24 bits per heavy atom. The number of unbranched alkanes of at least 4 members (excludes halogenated alkanes) is 1. The van der Waals surface area contributed by atoms with Crippen LogP contribution in [0.2, 0.25) is 19.1 Å². The summed E-state index contributed by atoms with van der Waals surface area (Å²) in [6.07, 6.45) is 7.33. The topological polar surface area (TPSA) is 38.7 Å². The predicted molar refractivity (Wildman–Crippen MR) is 108 cm³/mol. The number of aliphatic hydroxyl groups excluding tert-OH is 1. The summed E-state index contributed by atoms with van der Waals surface area (Å²) in [5.41, 5.74) is 1.21. The number of hydrogen-bond donors (Lipinski definition) is 1. The van der Waals surface area contributed by atoms with Crippen molar-refractivity contribution < 1.29 is 14.6 Å². The Morgan fingerprint density at radius 2 is 1.68 bits per heavy atom. The smallest absolute Gasteiger partial charge is 0.125 e. The molecule has 25 heavy (non-hydrogen) atoms. The molecule has 0 aliphatic heterocycles. The zero-order chi connectivity index (χ0) is 18.4. The van der Waals surface area contributed by atoms with Gasteiger partial charge in [-0.25, -0.2) is 0 Å². The summed E-state index contributed by atoms with van der Waals surface area (Å²) in [6, 6.07) is 5.85. The molecule has 1 aliphatic rings. The van der Waals surface area contributed by atoms with Crippen molar-refractivity contribution in [2.45, 2.75) is 83.0 Å². The highest BCUT2D eigenvalue weighted by atomic mass is 28.3. The van der Waals surface area contributed by atoms with E-state index >= 15 is 0 Å². The highest BCUT2D eigenvalue weighted by Gasteiger charge is 2.29. The first-order valence-corrected chi connectivity index (χ1v) is 13.1. The van der Waals surface area contributed by atoms with Crippen LogP contribution in [-0.2, 0) is 0 Å². The molecular formula is C21H36O3Si. The van der Waals surface area contributed by atoms with E-state index in [0.29, 0.717) is 5.92 Å². The molecule has 0 bridgehead atoms. The third-order valence-corrected chi connectivity index (χ3v) is 9.28. The van der Waals surface area contributed by atoms with Crippen LogP contribution in [0.5, 0.6) is 11.5 Å². The summed E-state index contributed by atoms with van der Waals surface area (Å²) in [4.78, 5) is 0. The molecule has 2 rings (SSSR count). The molecule has 1 aromatic rings. The van der Waals surface area contributed by atoms with Gasteiger partial charge in [0.15, 0.2) is 0 Å². The highest BCUT2D eigenvalue weighted by Crippen LogP contribution is 2.42. The number of hydrogen-bond acceptors (Lipinski definition) is 3. The third-order valence-electron chi connectivity index (χ3n) is 5.83. The maximum atomic E-state index is 9.98. The Kier molecular flexibility index (Phi) is 7.38. The van der Waals surface area contributed by atoms with Gasteiger partial charge < -0.3 is 14.6 Å². The van der Waals surface area contributed by atoms with Crippen LogP contribution in [0.15, 0.2) is 12.1 Å². The maximum Gasteiger partial charge on any atom is 0.125 e. The second kappa shape index (κ2) is 9.09. The van der Waals surface area contributed by atoms with E-state index in [1.807, 2.05) is 0 Å². The molecule has 1 saturated carbocycles. The number of rotatable bonds is 7. The van der Waals surface area contributed by atoms with Gasteiger partial charge in [-0.05, 0) is 43.7 Å². The molecule has 2 unspecified atom stereocenters. The van der Waals surface area contributed by atoms with Gasteiger partial charge in [0.1, 0.15) is 11.5 Å². The van der Waals surface area contributed by atoms with Crippen molar-refractivity contribution in [3.05, 3.63) is 17.7 Å². The lowest BCUT2D eigenvalue weighted by Crippen LogP contribution is -2.41. The average molecular weight is 365 g/mol. The van der Waals surface area contributed by atoms with Crippen LogP contribution in [0.4, 0.5) is 0 Å². The predicted octanol–water partition coefficient (Wildman–Crippen LogP) is 4.83. The van der Waals surface area contributed by atoms with E-state index in [4.69, 9.17) is 9.47 Å². The monoisotopic (exact) mass is 364 g/mol. The Bertz CT molecular complexity index is 531. The van der Waals surface area contributed by atoms with Crippen molar-refractivity contribution in [1.29, 1.82) is 0 Å². The summed E-state index contributed by atoms with van der Waals surface area (Å²) >= 11 is 0. The number of aliphatic hydroxyl groups is 1. The number of methoxy groups -OCH3 is 2. The van der Waals surface area contributed by atoms with E-state index in [1.54, 1.807) is 14.2 Å². The fourth-order valence-corrected chi connectivity index (χ4v) is 6.64. The minimum absolute atomic E-state index is 0.151. The second-order valence-electron chi connectivity index (χ2n) is 8.14. The van der Waals surface area contributed by atoms with Crippen LogP contribution < -0.4 is 14.7 Å². The quantitative estimate of drug-likeness (QED) is 0.556. The second-order valence-corrected chi connectivity index (χ2v) is 13.0. The molecular weight excluding hydrogens is 328 g/mol. The van der Waals surface area contributed by atoms with Crippen molar-refractivity contribution in [3.63, 3.8) is 0 Å². The molecule has 0 radical (unpaired) electrons. The summed E-state index contributed by atoms with van der Waals surface area (Å²) in [5, 5.41) is 11.4. The van der Waals surface area contributed by atoms with Crippen molar-refractivity contribution in [1.82, 2.24) is 0 Å². The highest BCUT2D eigenvalue weighted by molar-refractivity contribution is 6.89. The van der Waals surface area contributed by atoms with Gasteiger partial charge in [-0.1, -0.05) is 50.5 Å². The van der Waals surface area contributed by atoms with E-state index in [1.165, 1.54) is 29.6 Å². The molecule has 2 atom stereocenters. The fourth-order valence-electron chi connectivity index (χ4n) is 4.07. The van der Waals surface area contributed by atoms with Crippen molar-refractivity contribution >= 4 is 13.3 Å². The molecule has 1 aliphatic carbocycles. The molecule has 142 valence electrons. The van der Waals surface area contributed by atoms with E-state index in [2.05, 4.69) is 32.2 Å². The average Bonchev–Trinajstić information content (AvgIpc) is 2.83. The Hall–Kier alpha value is -1.00. The molecule has 3 nitrogen and oxygen atoms in total. The van der Waals surface area contributed by atoms with Gasteiger partial charge in [0.2, 0.25) is 0 Å². The van der Waals surface area contributed by atoms with Crippen molar-refractivity contribution in [3.8, 4) is 11.5 Å². The minimum atomic E-state index is -1.49. The van der Waals surface area contributed by atoms with Crippen LogP contribution in [0.25, 0.3) is 0 Å². The first kappa shape index (κ1) is 20.3. The fraction of sp³-hybridized carbons (Fsp3) is 0.714. The van der Waals surface area contributed by atoms with Gasteiger partial charge in [0, 0.05) is 5.56 Å². The van der Waals surface area contributed by atoms with E-state index in [-0.39, 0.29) is 6.10 Å². The first-order chi connectivity index (χ1) is 11.9. The molecule has 0 amide bonds. The molecule has 1 N–H and O–H groups in total. The van der Waals surface area contributed by atoms with Crippen molar-refractivity contribution in [2.75, 3.05) is 14.2 Å². The Balaban J connectivity index is 2.40. The molecule has 0 spiro atoms. The lowest BCUT2D eigenvalue weighted by atomic mass is 9.90. The van der Waals surface area contributed by atoms with Crippen LogP contribution in [0.1, 0.15) is 63.4 Å². The molecule has 0 heterocycles. The molecule has 1 fully saturated rings. The van der Waals surface area contributed by atoms with Crippen LogP contribution in [0, 0.1) is 0 Å². The van der Waals surface area contributed by atoms with Crippen LogP contribution in [0.3, 0.4) is 0 Å². The normalized spacial score (nSPS) is 21.7. The third kappa shape index (κ3) is 5.01. The SMILES string of the molecule is CCCC[Si](C)(C)c1cc(OC)c(C2CCCC(O)CC2)c(OC)c1. The zero-order valence-electron chi connectivity index (χ0n) is 16.7. The standard InChI is InChI=1S/C21H36O3Si/c1-6-7-13-25(4,5)18-14-19(23-2)21(20(15-18)24-3)16-9-8-10-17(22)12-11-16/h14-17,22H,6-13H2,1-5H3. The van der Waals surface area contributed by atoms with Gasteiger partial charge >= 0.3 is 0 Å². The van der Waals surface area contributed by atoms with Crippen LogP contribution in [-0.4, -0.2) is 33.5 Å². The number of benzene rings is 1. The van der Waals surface area contributed by atoms with Gasteiger partial charge in [-0.2, -0.15) is 0 Å². The molecule has 0 aromatic heterocycles. The van der Waals surface area contributed by atoms with Crippen LogP contribution >= 0.6 is 0 Å². The van der Waals surface area contributed by atoms with E-state index in [9.17, 15) is 5.11 Å². The number of ether oxygens (including phenoxy) is 2. The van der Waals surface area contributed by atoms with Gasteiger partial charge in [0.25, 0.3) is 0 Å².